The molecule has 0 aliphatic carbocycles. The van der Waals surface area contributed by atoms with Crippen LogP contribution in [0, 0.1) is 19.3 Å². The quantitative estimate of drug-likeness (QED) is 0.722. The molecule has 1 N–H and O–H groups in total. The first-order valence-corrected chi connectivity index (χ1v) is 9.67. The first-order chi connectivity index (χ1) is 13.9. The van der Waals surface area contributed by atoms with Crippen LogP contribution >= 0.6 is 0 Å². The summed E-state index contributed by atoms with van der Waals surface area (Å²) in [6.07, 6.45) is 5.15. The van der Waals surface area contributed by atoms with E-state index >= 15 is 0 Å². The SMILES string of the molecule is Cc1ccc2nc(C(=O)N3CCC[C@](C)(C(=O)NCc4nonc4C)C3)cn2c1. The Morgan fingerprint density at radius 2 is 2.07 bits per heavy atom. The predicted octanol–water partition coefficient (Wildman–Crippen LogP) is 1.89. The summed E-state index contributed by atoms with van der Waals surface area (Å²) in [5, 5.41) is 10.4. The maximum atomic E-state index is 13.0. The molecule has 1 atom stereocenters. The topological polar surface area (TPSA) is 106 Å². The minimum atomic E-state index is -0.672. The average Bonchev–Trinajstić information content (AvgIpc) is 3.30. The van der Waals surface area contributed by atoms with E-state index in [0.717, 1.165) is 17.6 Å². The van der Waals surface area contributed by atoms with E-state index < -0.39 is 5.41 Å². The van der Waals surface area contributed by atoms with Crippen molar-refractivity contribution in [3.8, 4) is 0 Å². The number of nitrogens with zero attached hydrogens (tertiary/aromatic N) is 5. The van der Waals surface area contributed by atoms with Gasteiger partial charge in [-0.1, -0.05) is 16.4 Å². The molecule has 1 saturated heterocycles. The Morgan fingerprint density at radius 3 is 2.83 bits per heavy atom. The van der Waals surface area contributed by atoms with E-state index in [1.54, 1.807) is 18.0 Å². The Morgan fingerprint density at radius 1 is 1.24 bits per heavy atom. The summed E-state index contributed by atoms with van der Waals surface area (Å²) in [6.45, 7) is 6.87. The number of fused-ring (bicyclic) bond motifs is 1. The zero-order chi connectivity index (χ0) is 20.6. The zero-order valence-electron chi connectivity index (χ0n) is 16.8. The number of aryl methyl sites for hydroxylation is 2. The monoisotopic (exact) mass is 396 g/mol. The van der Waals surface area contributed by atoms with Gasteiger partial charge in [-0.05, 0) is 45.2 Å². The Hall–Kier alpha value is -3.23. The van der Waals surface area contributed by atoms with Gasteiger partial charge < -0.3 is 14.6 Å². The fraction of sp³-hybridized carbons (Fsp3) is 0.450. The van der Waals surface area contributed by atoms with Gasteiger partial charge in [-0.15, -0.1) is 0 Å². The van der Waals surface area contributed by atoms with Crippen molar-refractivity contribution in [3.05, 3.63) is 47.2 Å². The molecule has 0 bridgehead atoms. The maximum Gasteiger partial charge on any atom is 0.274 e. The number of pyridine rings is 1. The standard InChI is InChI=1S/C20H24N6O3/c1-13-5-6-17-22-16(11-26(17)10-13)18(27)25-8-4-7-20(3,12-25)19(28)21-9-15-14(2)23-29-24-15/h5-6,10-11H,4,7-9,12H2,1-3H3,(H,21,28)/t20-/m0/s1. The van der Waals surface area contributed by atoms with Crippen LogP contribution in [0.4, 0.5) is 0 Å². The van der Waals surface area contributed by atoms with Crippen molar-refractivity contribution in [3.63, 3.8) is 0 Å². The van der Waals surface area contributed by atoms with E-state index in [1.807, 2.05) is 36.6 Å². The van der Waals surface area contributed by atoms with Crippen molar-refractivity contribution in [1.82, 2.24) is 29.9 Å². The van der Waals surface area contributed by atoms with Gasteiger partial charge in [0.2, 0.25) is 5.91 Å². The summed E-state index contributed by atoms with van der Waals surface area (Å²) in [6, 6.07) is 3.85. The van der Waals surface area contributed by atoms with Crippen LogP contribution in [0.5, 0.6) is 0 Å². The number of rotatable bonds is 4. The Bertz CT molecular complexity index is 1070. The summed E-state index contributed by atoms with van der Waals surface area (Å²) >= 11 is 0. The molecule has 4 heterocycles. The third-order valence-electron chi connectivity index (χ3n) is 5.51. The maximum absolute atomic E-state index is 13.0. The van der Waals surface area contributed by atoms with Crippen molar-refractivity contribution in [2.24, 2.45) is 5.41 Å². The smallest absolute Gasteiger partial charge is 0.274 e. The Balaban J connectivity index is 1.46. The van der Waals surface area contributed by atoms with Gasteiger partial charge in [-0.2, -0.15) is 0 Å². The zero-order valence-corrected chi connectivity index (χ0v) is 16.8. The van der Waals surface area contributed by atoms with E-state index in [-0.39, 0.29) is 18.4 Å². The summed E-state index contributed by atoms with van der Waals surface area (Å²) in [5.41, 5.74) is 2.80. The highest BCUT2D eigenvalue weighted by Gasteiger charge is 2.40. The van der Waals surface area contributed by atoms with E-state index in [0.29, 0.717) is 36.6 Å². The molecule has 3 aromatic heterocycles. The molecule has 2 amide bonds. The molecule has 0 aromatic carbocycles. The largest absolute Gasteiger partial charge is 0.350 e. The number of nitrogens with one attached hydrogen (secondary N) is 1. The van der Waals surface area contributed by atoms with E-state index in [4.69, 9.17) is 0 Å². The molecule has 1 aliphatic rings. The van der Waals surface area contributed by atoms with Gasteiger partial charge in [-0.3, -0.25) is 9.59 Å². The highest BCUT2D eigenvalue weighted by atomic mass is 16.6. The molecule has 9 heteroatoms. The molecule has 4 rings (SSSR count). The minimum Gasteiger partial charge on any atom is -0.350 e. The van der Waals surface area contributed by atoms with E-state index in [2.05, 4.69) is 25.2 Å². The van der Waals surface area contributed by atoms with Gasteiger partial charge in [0, 0.05) is 25.5 Å². The first kappa shape index (κ1) is 19.1. The number of hydrogen-bond donors (Lipinski definition) is 1. The number of carbonyl (C=O) groups excluding carboxylic acids is 2. The lowest BCUT2D eigenvalue weighted by Gasteiger charge is -2.39. The van der Waals surface area contributed by atoms with Crippen molar-refractivity contribution in [2.75, 3.05) is 13.1 Å². The van der Waals surface area contributed by atoms with Gasteiger partial charge >= 0.3 is 0 Å². The first-order valence-electron chi connectivity index (χ1n) is 9.67. The van der Waals surface area contributed by atoms with Crippen LogP contribution in [-0.2, 0) is 11.3 Å². The van der Waals surface area contributed by atoms with Crippen LogP contribution in [0.2, 0.25) is 0 Å². The molecule has 152 valence electrons. The molecule has 1 aliphatic heterocycles. The number of aromatic nitrogens is 4. The lowest BCUT2D eigenvalue weighted by atomic mass is 9.80. The normalized spacial score (nSPS) is 19.5. The number of carbonyl (C=O) groups is 2. The minimum absolute atomic E-state index is 0.108. The second kappa shape index (κ2) is 7.31. The van der Waals surface area contributed by atoms with Crippen molar-refractivity contribution < 1.29 is 14.2 Å². The third-order valence-corrected chi connectivity index (χ3v) is 5.51. The van der Waals surface area contributed by atoms with Gasteiger partial charge in [0.05, 0.1) is 12.0 Å². The summed E-state index contributed by atoms with van der Waals surface area (Å²) in [7, 11) is 0. The highest BCUT2D eigenvalue weighted by Crippen LogP contribution is 2.30. The van der Waals surface area contributed by atoms with E-state index in [1.165, 1.54) is 0 Å². The van der Waals surface area contributed by atoms with Crippen LogP contribution in [0.15, 0.2) is 29.2 Å². The molecule has 0 spiro atoms. The molecule has 1 fully saturated rings. The number of likely N-dealkylation sites (tertiary alicyclic amines) is 1. The van der Waals surface area contributed by atoms with Crippen LogP contribution in [-0.4, -0.2) is 49.5 Å². The fourth-order valence-electron chi connectivity index (χ4n) is 3.75. The van der Waals surface area contributed by atoms with Crippen LogP contribution in [0.3, 0.4) is 0 Å². The molecule has 0 unspecified atom stereocenters. The molecular formula is C20H24N6O3. The summed E-state index contributed by atoms with van der Waals surface area (Å²) in [5.74, 6) is -0.260. The lowest BCUT2D eigenvalue weighted by Crippen LogP contribution is -2.51. The summed E-state index contributed by atoms with van der Waals surface area (Å²) < 4.78 is 6.52. The Kier molecular flexibility index (Phi) is 4.81. The average molecular weight is 396 g/mol. The molecule has 0 saturated carbocycles. The van der Waals surface area contributed by atoms with E-state index in [9.17, 15) is 9.59 Å². The van der Waals surface area contributed by atoms with Gasteiger partial charge in [0.25, 0.3) is 5.91 Å². The van der Waals surface area contributed by atoms with Crippen LogP contribution in [0.25, 0.3) is 5.65 Å². The highest BCUT2D eigenvalue weighted by molar-refractivity contribution is 5.94. The number of imidazole rings is 1. The molecule has 29 heavy (non-hydrogen) atoms. The molecular weight excluding hydrogens is 372 g/mol. The van der Waals surface area contributed by atoms with Gasteiger partial charge in [0.15, 0.2) is 0 Å². The van der Waals surface area contributed by atoms with Gasteiger partial charge in [0.1, 0.15) is 22.7 Å². The molecule has 3 aromatic rings. The number of amides is 2. The summed E-state index contributed by atoms with van der Waals surface area (Å²) in [4.78, 5) is 32.1. The second-order valence-corrected chi connectivity index (χ2v) is 7.97. The van der Waals surface area contributed by atoms with Crippen molar-refractivity contribution in [1.29, 1.82) is 0 Å². The molecule has 0 radical (unpaired) electrons. The van der Waals surface area contributed by atoms with Crippen LogP contribution < -0.4 is 5.32 Å². The van der Waals surface area contributed by atoms with Crippen molar-refractivity contribution in [2.45, 2.75) is 40.2 Å². The Labute approximate surface area is 168 Å². The second-order valence-electron chi connectivity index (χ2n) is 7.97. The predicted molar refractivity (Wildman–Crippen MR) is 104 cm³/mol. The third kappa shape index (κ3) is 3.72. The fourth-order valence-corrected chi connectivity index (χ4v) is 3.75. The lowest BCUT2D eigenvalue weighted by molar-refractivity contribution is -0.132. The van der Waals surface area contributed by atoms with Crippen LogP contribution in [0.1, 0.15) is 47.2 Å². The van der Waals surface area contributed by atoms with Crippen molar-refractivity contribution >= 4 is 17.5 Å². The molecule has 9 nitrogen and oxygen atoms in total. The number of piperidine rings is 1. The van der Waals surface area contributed by atoms with Gasteiger partial charge in [-0.25, -0.2) is 9.61 Å². The number of hydrogen-bond acceptors (Lipinski definition) is 6.